The van der Waals surface area contributed by atoms with Crippen molar-refractivity contribution >= 4 is 15.9 Å². The fourth-order valence-electron chi connectivity index (χ4n) is 3.10. The lowest BCUT2D eigenvalue weighted by Crippen LogP contribution is -2.23. The lowest BCUT2D eigenvalue weighted by Gasteiger charge is -2.25. The molecule has 2 aromatic rings. The molecule has 0 aromatic heterocycles. The van der Waals surface area contributed by atoms with Gasteiger partial charge < -0.3 is 5.73 Å². The second-order valence-corrected chi connectivity index (χ2v) is 6.45. The molecule has 2 N–H and O–H groups in total. The molecule has 3 rings (SSSR count). The zero-order valence-corrected chi connectivity index (χ0v) is 13.2. The van der Waals surface area contributed by atoms with Crippen LogP contribution in [-0.2, 0) is 6.54 Å². The summed E-state index contributed by atoms with van der Waals surface area (Å²) in [7, 11) is 2.18. The minimum Gasteiger partial charge on any atom is -0.324 e. The van der Waals surface area contributed by atoms with Gasteiger partial charge in [0.05, 0.1) is 0 Å². The van der Waals surface area contributed by atoms with Crippen molar-refractivity contribution in [2.75, 3.05) is 7.05 Å². The fraction of sp³-hybridized carbons (Fsp3) is 0.294. The average molecular weight is 331 g/mol. The van der Waals surface area contributed by atoms with Crippen LogP contribution in [0.5, 0.6) is 0 Å². The van der Waals surface area contributed by atoms with E-state index < -0.39 is 0 Å². The smallest absolute Gasteiger partial charge is 0.0369 e. The number of benzene rings is 2. The minimum atomic E-state index is 0.168. The van der Waals surface area contributed by atoms with Gasteiger partial charge in [0.1, 0.15) is 0 Å². The van der Waals surface area contributed by atoms with Crippen molar-refractivity contribution < 1.29 is 0 Å². The SMILES string of the molecule is CN(Cc1cccc(Br)c1)C1CC(N)c2ccccc21. The highest BCUT2D eigenvalue weighted by Crippen LogP contribution is 2.40. The summed E-state index contributed by atoms with van der Waals surface area (Å²) in [6.45, 7) is 0.936. The second-order valence-electron chi connectivity index (χ2n) is 5.53. The Bertz CT molecular complexity index is 611. The molecule has 20 heavy (non-hydrogen) atoms. The summed E-state index contributed by atoms with van der Waals surface area (Å²) in [5, 5.41) is 0. The third-order valence-corrected chi connectivity index (χ3v) is 4.58. The molecule has 0 heterocycles. The highest BCUT2D eigenvalue weighted by Gasteiger charge is 2.30. The van der Waals surface area contributed by atoms with Crippen LogP contribution in [0.1, 0.15) is 35.2 Å². The van der Waals surface area contributed by atoms with Crippen molar-refractivity contribution in [3.63, 3.8) is 0 Å². The van der Waals surface area contributed by atoms with Crippen molar-refractivity contribution in [3.8, 4) is 0 Å². The number of nitrogens with two attached hydrogens (primary N) is 1. The highest BCUT2D eigenvalue weighted by atomic mass is 79.9. The Balaban J connectivity index is 1.80. The molecule has 0 amide bonds. The van der Waals surface area contributed by atoms with Gasteiger partial charge in [-0.25, -0.2) is 0 Å². The van der Waals surface area contributed by atoms with Gasteiger partial charge in [-0.2, -0.15) is 0 Å². The zero-order chi connectivity index (χ0) is 14.1. The molecule has 0 saturated carbocycles. The molecule has 0 aliphatic heterocycles. The lowest BCUT2D eigenvalue weighted by molar-refractivity contribution is 0.229. The van der Waals surface area contributed by atoms with E-state index in [1.54, 1.807) is 0 Å². The average Bonchev–Trinajstić information content (AvgIpc) is 2.77. The Morgan fingerprint density at radius 3 is 2.65 bits per heavy atom. The predicted octanol–water partition coefficient (Wildman–Crippen LogP) is 4.03. The van der Waals surface area contributed by atoms with Crippen molar-refractivity contribution in [3.05, 3.63) is 69.7 Å². The molecule has 1 aliphatic carbocycles. The number of hydrogen-bond acceptors (Lipinski definition) is 2. The summed E-state index contributed by atoms with van der Waals surface area (Å²) in [6.07, 6.45) is 1.00. The van der Waals surface area contributed by atoms with Crippen LogP contribution in [0.2, 0.25) is 0 Å². The van der Waals surface area contributed by atoms with E-state index in [1.165, 1.54) is 16.7 Å². The summed E-state index contributed by atoms with van der Waals surface area (Å²) >= 11 is 3.53. The van der Waals surface area contributed by atoms with Crippen LogP contribution in [0, 0.1) is 0 Å². The third-order valence-electron chi connectivity index (χ3n) is 4.08. The first-order valence-corrected chi connectivity index (χ1v) is 7.73. The normalized spacial score (nSPS) is 21.2. The highest BCUT2D eigenvalue weighted by molar-refractivity contribution is 9.10. The van der Waals surface area contributed by atoms with Crippen LogP contribution in [-0.4, -0.2) is 11.9 Å². The van der Waals surface area contributed by atoms with Crippen molar-refractivity contribution in [2.45, 2.75) is 25.0 Å². The van der Waals surface area contributed by atoms with Crippen LogP contribution in [0.25, 0.3) is 0 Å². The summed E-state index contributed by atoms with van der Waals surface area (Å²) in [6, 6.07) is 17.6. The summed E-state index contributed by atoms with van der Waals surface area (Å²) in [5.74, 6) is 0. The van der Waals surface area contributed by atoms with Gasteiger partial charge in [-0.15, -0.1) is 0 Å². The molecule has 0 radical (unpaired) electrons. The lowest BCUT2D eigenvalue weighted by atomic mass is 10.1. The van der Waals surface area contributed by atoms with E-state index >= 15 is 0 Å². The van der Waals surface area contributed by atoms with Gasteiger partial charge >= 0.3 is 0 Å². The third kappa shape index (κ3) is 2.66. The zero-order valence-electron chi connectivity index (χ0n) is 11.6. The summed E-state index contributed by atoms with van der Waals surface area (Å²) in [4.78, 5) is 2.40. The number of halogens is 1. The molecule has 0 spiro atoms. The molecule has 2 unspecified atom stereocenters. The van der Waals surface area contributed by atoms with Gasteiger partial charge in [0.15, 0.2) is 0 Å². The van der Waals surface area contributed by atoms with Crippen molar-refractivity contribution in [1.29, 1.82) is 0 Å². The maximum atomic E-state index is 6.26. The first-order valence-electron chi connectivity index (χ1n) is 6.94. The quantitative estimate of drug-likeness (QED) is 0.920. The van der Waals surface area contributed by atoms with E-state index in [1.807, 2.05) is 0 Å². The molecule has 0 saturated heterocycles. The molecule has 2 nitrogen and oxygen atoms in total. The molecule has 1 aliphatic rings. The molecule has 2 aromatic carbocycles. The Labute approximate surface area is 128 Å². The van der Waals surface area contributed by atoms with Gasteiger partial charge in [0.2, 0.25) is 0 Å². The van der Waals surface area contributed by atoms with Crippen LogP contribution < -0.4 is 5.73 Å². The standard InChI is InChI=1S/C17H19BrN2/c1-20(11-12-5-4-6-13(18)9-12)17-10-16(19)14-7-2-3-8-15(14)17/h2-9,16-17H,10-11,19H2,1H3. The maximum Gasteiger partial charge on any atom is 0.0369 e. The van der Waals surface area contributed by atoms with Gasteiger partial charge in [-0.3, -0.25) is 4.90 Å². The van der Waals surface area contributed by atoms with E-state index in [2.05, 4.69) is 76.4 Å². The largest absolute Gasteiger partial charge is 0.324 e. The molecule has 2 atom stereocenters. The molecule has 0 bridgehead atoms. The van der Waals surface area contributed by atoms with Gasteiger partial charge in [0, 0.05) is 23.1 Å². The number of nitrogens with zero attached hydrogens (tertiary/aromatic N) is 1. The summed E-state index contributed by atoms with van der Waals surface area (Å²) < 4.78 is 1.13. The van der Waals surface area contributed by atoms with E-state index in [0.717, 1.165) is 17.4 Å². The Hall–Kier alpha value is -1.16. The van der Waals surface area contributed by atoms with Crippen LogP contribution in [0.3, 0.4) is 0 Å². The first-order chi connectivity index (χ1) is 9.65. The van der Waals surface area contributed by atoms with E-state index in [0.29, 0.717) is 6.04 Å². The summed E-state index contributed by atoms with van der Waals surface area (Å²) in [5.41, 5.74) is 10.3. The topological polar surface area (TPSA) is 29.3 Å². The predicted molar refractivity (Wildman–Crippen MR) is 86.3 cm³/mol. The van der Waals surface area contributed by atoms with Crippen molar-refractivity contribution in [1.82, 2.24) is 4.90 Å². The Morgan fingerprint density at radius 1 is 1.15 bits per heavy atom. The second kappa shape index (κ2) is 5.68. The first kappa shape index (κ1) is 13.8. The molecule has 0 fully saturated rings. The van der Waals surface area contributed by atoms with Crippen LogP contribution >= 0.6 is 15.9 Å². The van der Waals surface area contributed by atoms with Gasteiger partial charge in [-0.05, 0) is 42.3 Å². The number of hydrogen-bond donors (Lipinski definition) is 1. The van der Waals surface area contributed by atoms with E-state index in [-0.39, 0.29) is 6.04 Å². The van der Waals surface area contributed by atoms with Gasteiger partial charge in [0.25, 0.3) is 0 Å². The molecular weight excluding hydrogens is 312 g/mol. The fourth-order valence-corrected chi connectivity index (χ4v) is 3.54. The van der Waals surface area contributed by atoms with Crippen LogP contribution in [0.4, 0.5) is 0 Å². The van der Waals surface area contributed by atoms with Crippen LogP contribution in [0.15, 0.2) is 53.0 Å². The molecular formula is C17H19BrN2. The van der Waals surface area contributed by atoms with E-state index in [9.17, 15) is 0 Å². The number of fused-ring (bicyclic) bond motifs is 1. The number of rotatable bonds is 3. The van der Waals surface area contributed by atoms with Crippen molar-refractivity contribution in [2.24, 2.45) is 5.73 Å². The Kier molecular flexibility index (Phi) is 3.92. The maximum absolute atomic E-state index is 6.26. The molecule has 3 heteroatoms. The Morgan fingerprint density at radius 2 is 1.90 bits per heavy atom. The minimum absolute atomic E-state index is 0.168. The molecule has 104 valence electrons. The monoisotopic (exact) mass is 330 g/mol. The van der Waals surface area contributed by atoms with E-state index in [4.69, 9.17) is 5.73 Å². The van der Waals surface area contributed by atoms with Gasteiger partial charge in [-0.1, -0.05) is 52.3 Å².